The van der Waals surface area contributed by atoms with Crippen LogP contribution in [-0.4, -0.2) is 19.6 Å². The molecule has 0 amide bonds. The smallest absolute Gasteiger partial charge is 0.223 e. The van der Waals surface area contributed by atoms with E-state index in [0.717, 1.165) is 16.8 Å². The molecule has 1 aromatic carbocycles. The quantitative estimate of drug-likeness (QED) is 0.784. The fourth-order valence-electron chi connectivity index (χ4n) is 2.35. The van der Waals surface area contributed by atoms with Crippen LogP contribution in [0.2, 0.25) is 0 Å². The molecule has 0 aliphatic carbocycles. The van der Waals surface area contributed by atoms with Crippen molar-refractivity contribution in [3.8, 4) is 0 Å². The summed E-state index contributed by atoms with van der Waals surface area (Å²) in [6, 6.07) is 5.02. The van der Waals surface area contributed by atoms with Crippen molar-refractivity contribution in [2.75, 3.05) is 5.73 Å². The number of aromatic nitrogens is 4. The molecule has 2 N–H and O–H groups in total. The number of fused-ring (bicyclic) bond motifs is 1. The van der Waals surface area contributed by atoms with Crippen molar-refractivity contribution in [1.29, 1.82) is 0 Å². The van der Waals surface area contributed by atoms with E-state index in [4.69, 9.17) is 5.73 Å². The number of halogens is 1. The van der Waals surface area contributed by atoms with Crippen LogP contribution >= 0.6 is 0 Å². The highest BCUT2D eigenvalue weighted by atomic mass is 19.1. The molecule has 0 aliphatic heterocycles. The summed E-state index contributed by atoms with van der Waals surface area (Å²) in [4.78, 5) is 8.70. The molecule has 0 radical (unpaired) electrons. The van der Waals surface area contributed by atoms with E-state index < -0.39 is 0 Å². The molecule has 21 heavy (non-hydrogen) atoms. The molecule has 0 fully saturated rings. The largest absolute Gasteiger partial charge is 0.368 e. The summed E-state index contributed by atoms with van der Waals surface area (Å²) in [5.41, 5.74) is 9.77. The third kappa shape index (κ3) is 2.22. The molecular formula is C15H16FN5. The summed E-state index contributed by atoms with van der Waals surface area (Å²) in [7, 11) is 0. The summed E-state index contributed by atoms with van der Waals surface area (Å²) >= 11 is 0. The molecule has 6 heteroatoms. The van der Waals surface area contributed by atoms with Gasteiger partial charge < -0.3 is 5.73 Å². The molecule has 0 bridgehead atoms. The second-order valence-electron chi connectivity index (χ2n) is 5.16. The zero-order valence-electron chi connectivity index (χ0n) is 12.2. The lowest BCUT2D eigenvalue weighted by Crippen LogP contribution is -2.05. The summed E-state index contributed by atoms with van der Waals surface area (Å²) in [6.07, 6.45) is 0.331. The molecule has 0 atom stereocenters. The lowest BCUT2D eigenvalue weighted by Gasteiger charge is -2.03. The van der Waals surface area contributed by atoms with Crippen molar-refractivity contribution in [3.05, 3.63) is 52.2 Å². The van der Waals surface area contributed by atoms with Gasteiger partial charge in [0.15, 0.2) is 11.5 Å². The van der Waals surface area contributed by atoms with E-state index in [9.17, 15) is 4.39 Å². The Labute approximate surface area is 121 Å². The second kappa shape index (κ2) is 4.80. The molecule has 0 aliphatic rings. The molecular weight excluding hydrogens is 269 g/mol. The zero-order valence-corrected chi connectivity index (χ0v) is 12.2. The number of benzene rings is 1. The van der Waals surface area contributed by atoms with Crippen LogP contribution < -0.4 is 5.73 Å². The molecule has 2 aromatic heterocycles. The maximum atomic E-state index is 13.9. The van der Waals surface area contributed by atoms with Crippen LogP contribution in [-0.2, 0) is 6.42 Å². The Kier molecular flexibility index (Phi) is 3.08. The van der Waals surface area contributed by atoms with Crippen molar-refractivity contribution < 1.29 is 4.39 Å². The van der Waals surface area contributed by atoms with Gasteiger partial charge in [-0.05, 0) is 38.0 Å². The Morgan fingerprint density at radius 2 is 1.95 bits per heavy atom. The van der Waals surface area contributed by atoms with E-state index in [1.54, 1.807) is 6.07 Å². The molecule has 5 nitrogen and oxygen atoms in total. The molecule has 3 aromatic rings. The van der Waals surface area contributed by atoms with Crippen molar-refractivity contribution >= 4 is 11.6 Å². The maximum absolute atomic E-state index is 13.9. The highest BCUT2D eigenvalue weighted by Crippen LogP contribution is 2.19. The number of nitrogens with two attached hydrogens (primary N) is 1. The minimum atomic E-state index is -0.243. The molecule has 0 unspecified atom stereocenters. The van der Waals surface area contributed by atoms with E-state index in [1.165, 1.54) is 10.6 Å². The SMILES string of the molecule is Cc1cccc(F)c1Cc1nc2c(C)c(C)nc(N)n2n1. The van der Waals surface area contributed by atoms with Gasteiger partial charge in [-0.1, -0.05) is 12.1 Å². The van der Waals surface area contributed by atoms with Crippen molar-refractivity contribution in [3.63, 3.8) is 0 Å². The minimum Gasteiger partial charge on any atom is -0.368 e. The average molecular weight is 285 g/mol. The number of aryl methyl sites for hydroxylation is 3. The highest BCUT2D eigenvalue weighted by molar-refractivity contribution is 5.52. The van der Waals surface area contributed by atoms with Crippen molar-refractivity contribution in [2.45, 2.75) is 27.2 Å². The first-order valence-electron chi connectivity index (χ1n) is 6.69. The normalized spacial score (nSPS) is 11.2. The fourth-order valence-corrected chi connectivity index (χ4v) is 2.35. The first kappa shape index (κ1) is 13.5. The minimum absolute atomic E-state index is 0.243. The number of anilines is 1. The third-order valence-corrected chi connectivity index (χ3v) is 3.72. The Bertz CT molecular complexity index is 817. The van der Waals surface area contributed by atoms with Gasteiger partial charge in [-0.2, -0.15) is 4.52 Å². The van der Waals surface area contributed by atoms with Crippen LogP contribution in [0.5, 0.6) is 0 Å². The van der Waals surface area contributed by atoms with Gasteiger partial charge in [-0.25, -0.2) is 14.4 Å². The molecule has 2 heterocycles. The van der Waals surface area contributed by atoms with Gasteiger partial charge in [0.25, 0.3) is 0 Å². The van der Waals surface area contributed by atoms with Crippen LogP contribution in [0.15, 0.2) is 18.2 Å². The predicted octanol–water partition coefficient (Wildman–Crippen LogP) is 2.36. The first-order valence-corrected chi connectivity index (χ1v) is 6.69. The lowest BCUT2D eigenvalue weighted by atomic mass is 10.1. The van der Waals surface area contributed by atoms with Gasteiger partial charge in [0, 0.05) is 17.7 Å². The summed E-state index contributed by atoms with van der Waals surface area (Å²) in [5, 5.41) is 4.34. The van der Waals surface area contributed by atoms with Gasteiger partial charge in [0.1, 0.15) is 5.82 Å². The van der Waals surface area contributed by atoms with Gasteiger partial charge in [-0.15, -0.1) is 5.10 Å². The van der Waals surface area contributed by atoms with Crippen LogP contribution in [0.3, 0.4) is 0 Å². The maximum Gasteiger partial charge on any atom is 0.223 e. The lowest BCUT2D eigenvalue weighted by molar-refractivity contribution is 0.610. The Balaban J connectivity index is 2.10. The van der Waals surface area contributed by atoms with Gasteiger partial charge in [0.05, 0.1) is 0 Å². The highest BCUT2D eigenvalue weighted by Gasteiger charge is 2.14. The average Bonchev–Trinajstić information content (AvgIpc) is 2.85. The number of nitrogens with zero attached hydrogens (tertiary/aromatic N) is 4. The summed E-state index contributed by atoms with van der Waals surface area (Å²) in [5.74, 6) is 0.579. The topological polar surface area (TPSA) is 69.1 Å². The molecule has 3 rings (SSSR count). The monoisotopic (exact) mass is 285 g/mol. The Morgan fingerprint density at radius 3 is 2.67 bits per heavy atom. The van der Waals surface area contributed by atoms with E-state index in [2.05, 4.69) is 15.1 Å². The second-order valence-corrected chi connectivity index (χ2v) is 5.16. The van der Waals surface area contributed by atoms with Crippen LogP contribution in [0.1, 0.15) is 28.2 Å². The number of hydrogen-bond donors (Lipinski definition) is 1. The van der Waals surface area contributed by atoms with E-state index in [1.807, 2.05) is 26.8 Å². The van der Waals surface area contributed by atoms with Crippen LogP contribution in [0.25, 0.3) is 5.65 Å². The van der Waals surface area contributed by atoms with Crippen LogP contribution in [0, 0.1) is 26.6 Å². The third-order valence-electron chi connectivity index (χ3n) is 3.72. The summed E-state index contributed by atoms with van der Waals surface area (Å²) < 4.78 is 15.4. The van der Waals surface area contributed by atoms with E-state index in [0.29, 0.717) is 23.5 Å². The standard InChI is InChI=1S/C15H16FN5/c1-8-5-4-6-12(16)11(8)7-13-19-14-9(2)10(3)18-15(17)21(14)20-13/h4-6H,7H2,1-3H3,(H2,17,18). The van der Waals surface area contributed by atoms with E-state index >= 15 is 0 Å². The van der Waals surface area contributed by atoms with Crippen LogP contribution in [0.4, 0.5) is 10.3 Å². The summed E-state index contributed by atoms with van der Waals surface area (Å²) in [6.45, 7) is 5.67. The molecule has 108 valence electrons. The van der Waals surface area contributed by atoms with Gasteiger partial charge in [-0.3, -0.25) is 0 Å². The molecule has 0 spiro atoms. The van der Waals surface area contributed by atoms with Gasteiger partial charge >= 0.3 is 0 Å². The molecule has 0 saturated heterocycles. The Hall–Kier alpha value is -2.50. The predicted molar refractivity (Wildman–Crippen MR) is 78.6 cm³/mol. The van der Waals surface area contributed by atoms with Crippen molar-refractivity contribution in [2.24, 2.45) is 0 Å². The Morgan fingerprint density at radius 1 is 1.19 bits per heavy atom. The molecule has 0 saturated carbocycles. The first-order chi connectivity index (χ1) is 9.97. The number of rotatable bonds is 2. The fraction of sp³-hybridized carbons (Fsp3) is 0.267. The van der Waals surface area contributed by atoms with E-state index in [-0.39, 0.29) is 11.8 Å². The number of hydrogen-bond acceptors (Lipinski definition) is 4. The van der Waals surface area contributed by atoms with Gasteiger partial charge in [0.2, 0.25) is 5.95 Å². The zero-order chi connectivity index (χ0) is 15.1. The number of nitrogen functional groups attached to an aromatic ring is 1. The van der Waals surface area contributed by atoms with Crippen molar-refractivity contribution in [1.82, 2.24) is 19.6 Å².